The van der Waals surface area contributed by atoms with Crippen molar-refractivity contribution in [3.8, 4) is 5.75 Å². The molecular weight excluding hydrogens is 316 g/mol. The number of ether oxygens (including phenoxy) is 2. The zero-order chi connectivity index (χ0) is 17.4. The van der Waals surface area contributed by atoms with Gasteiger partial charge in [-0.3, -0.25) is 9.69 Å². The third-order valence-electron chi connectivity index (χ3n) is 5.35. The highest BCUT2D eigenvalue weighted by atomic mass is 16.5. The van der Waals surface area contributed by atoms with Crippen molar-refractivity contribution in [1.29, 1.82) is 0 Å². The molecule has 136 valence electrons. The van der Waals surface area contributed by atoms with Crippen LogP contribution >= 0.6 is 0 Å². The summed E-state index contributed by atoms with van der Waals surface area (Å²) in [5.41, 5.74) is 0.700. The largest absolute Gasteiger partial charge is 0.491 e. The molecule has 2 atom stereocenters. The predicted octanol–water partition coefficient (Wildman–Crippen LogP) is 2.41. The van der Waals surface area contributed by atoms with Crippen LogP contribution in [0.2, 0.25) is 0 Å². The van der Waals surface area contributed by atoms with Crippen LogP contribution in [0.25, 0.3) is 0 Å². The standard InChI is InChI=1S/C20H28N2O3/c1-14(2)25-17-5-3-4-16(10-17)20(23)22-12-18-19(13-22)24-9-8-21(18)11-15-6-7-15/h3-5,10,14-15,18-19H,6-9,11-13H2,1-2H3/t18-,19+/m1/s1. The molecule has 2 heterocycles. The zero-order valence-corrected chi connectivity index (χ0v) is 15.2. The summed E-state index contributed by atoms with van der Waals surface area (Å²) in [6.07, 6.45) is 2.98. The third kappa shape index (κ3) is 3.82. The normalized spacial score (nSPS) is 26.8. The predicted molar refractivity (Wildman–Crippen MR) is 95.9 cm³/mol. The molecule has 0 aromatic heterocycles. The number of carbonyl (C=O) groups is 1. The van der Waals surface area contributed by atoms with E-state index in [1.54, 1.807) is 0 Å². The number of fused-ring (bicyclic) bond motifs is 1. The minimum absolute atomic E-state index is 0.0820. The lowest BCUT2D eigenvalue weighted by molar-refractivity contribution is -0.0484. The van der Waals surface area contributed by atoms with Crippen molar-refractivity contribution in [3.05, 3.63) is 29.8 Å². The summed E-state index contributed by atoms with van der Waals surface area (Å²) in [4.78, 5) is 17.5. The molecular formula is C20H28N2O3. The van der Waals surface area contributed by atoms with Gasteiger partial charge >= 0.3 is 0 Å². The van der Waals surface area contributed by atoms with Crippen LogP contribution in [0.1, 0.15) is 37.0 Å². The minimum Gasteiger partial charge on any atom is -0.491 e. The van der Waals surface area contributed by atoms with E-state index in [0.717, 1.165) is 31.4 Å². The van der Waals surface area contributed by atoms with E-state index >= 15 is 0 Å². The van der Waals surface area contributed by atoms with Crippen LogP contribution < -0.4 is 4.74 Å². The highest BCUT2D eigenvalue weighted by molar-refractivity contribution is 5.94. The van der Waals surface area contributed by atoms with Crippen LogP contribution in [0.15, 0.2) is 24.3 Å². The van der Waals surface area contributed by atoms with E-state index in [0.29, 0.717) is 18.2 Å². The zero-order valence-electron chi connectivity index (χ0n) is 15.2. The molecule has 1 aliphatic carbocycles. The molecule has 0 N–H and O–H groups in total. The Balaban J connectivity index is 1.44. The number of morpholine rings is 1. The summed E-state index contributed by atoms with van der Waals surface area (Å²) in [7, 11) is 0. The topological polar surface area (TPSA) is 42.0 Å². The molecule has 0 radical (unpaired) electrons. The second-order valence-electron chi connectivity index (χ2n) is 7.82. The Hall–Kier alpha value is -1.59. The molecule has 1 saturated carbocycles. The number of benzene rings is 1. The van der Waals surface area contributed by atoms with Crippen molar-refractivity contribution in [3.63, 3.8) is 0 Å². The van der Waals surface area contributed by atoms with Gasteiger partial charge in [0.05, 0.1) is 24.9 Å². The minimum atomic E-state index is 0.0820. The molecule has 2 aliphatic heterocycles. The van der Waals surface area contributed by atoms with Gasteiger partial charge in [0.15, 0.2) is 0 Å². The molecule has 0 spiro atoms. The lowest BCUT2D eigenvalue weighted by atomic mass is 10.1. The Morgan fingerprint density at radius 3 is 2.92 bits per heavy atom. The quantitative estimate of drug-likeness (QED) is 0.823. The third-order valence-corrected chi connectivity index (χ3v) is 5.35. The van der Waals surface area contributed by atoms with Crippen LogP contribution in [-0.4, -0.2) is 66.7 Å². The summed E-state index contributed by atoms with van der Waals surface area (Å²) in [6, 6.07) is 7.88. The lowest BCUT2D eigenvalue weighted by Gasteiger charge is -2.36. The fourth-order valence-corrected chi connectivity index (χ4v) is 3.94. The number of amides is 1. The molecule has 3 aliphatic rings. The van der Waals surface area contributed by atoms with Crippen molar-refractivity contribution in [2.24, 2.45) is 5.92 Å². The van der Waals surface area contributed by atoms with E-state index in [4.69, 9.17) is 9.47 Å². The van der Waals surface area contributed by atoms with Gasteiger partial charge in [0.25, 0.3) is 5.91 Å². The molecule has 2 saturated heterocycles. The molecule has 1 aromatic carbocycles. The van der Waals surface area contributed by atoms with Gasteiger partial charge in [-0.2, -0.15) is 0 Å². The highest BCUT2D eigenvalue weighted by Crippen LogP contribution is 2.33. The van der Waals surface area contributed by atoms with Crippen LogP contribution in [-0.2, 0) is 4.74 Å². The van der Waals surface area contributed by atoms with Gasteiger partial charge in [0.2, 0.25) is 0 Å². The fraction of sp³-hybridized carbons (Fsp3) is 0.650. The second kappa shape index (κ2) is 6.96. The average Bonchev–Trinajstić information content (AvgIpc) is 3.29. The monoisotopic (exact) mass is 344 g/mol. The van der Waals surface area contributed by atoms with E-state index < -0.39 is 0 Å². The van der Waals surface area contributed by atoms with Crippen molar-refractivity contribution in [2.75, 3.05) is 32.8 Å². The Morgan fingerprint density at radius 1 is 1.32 bits per heavy atom. The van der Waals surface area contributed by atoms with E-state index in [2.05, 4.69) is 4.90 Å². The van der Waals surface area contributed by atoms with Crippen molar-refractivity contribution in [1.82, 2.24) is 9.80 Å². The smallest absolute Gasteiger partial charge is 0.254 e. The molecule has 0 bridgehead atoms. The van der Waals surface area contributed by atoms with Crippen LogP contribution in [0.3, 0.4) is 0 Å². The Morgan fingerprint density at radius 2 is 2.16 bits per heavy atom. The SMILES string of the molecule is CC(C)Oc1cccc(C(=O)N2C[C@@H]3OCCN(CC4CC4)[C@@H]3C2)c1. The summed E-state index contributed by atoms with van der Waals surface area (Å²) >= 11 is 0. The molecule has 1 amide bonds. The number of hydrogen-bond donors (Lipinski definition) is 0. The van der Waals surface area contributed by atoms with Crippen molar-refractivity contribution in [2.45, 2.75) is 44.9 Å². The van der Waals surface area contributed by atoms with Crippen molar-refractivity contribution >= 4 is 5.91 Å². The maximum absolute atomic E-state index is 13.0. The van der Waals surface area contributed by atoms with Crippen LogP contribution in [0.4, 0.5) is 0 Å². The molecule has 25 heavy (non-hydrogen) atoms. The van der Waals surface area contributed by atoms with Crippen molar-refractivity contribution < 1.29 is 14.3 Å². The number of hydrogen-bond acceptors (Lipinski definition) is 4. The first-order valence-electron chi connectivity index (χ1n) is 9.52. The van der Waals surface area contributed by atoms with Gasteiger partial charge in [-0.15, -0.1) is 0 Å². The Labute approximate surface area is 149 Å². The maximum Gasteiger partial charge on any atom is 0.254 e. The summed E-state index contributed by atoms with van der Waals surface area (Å²) in [6.45, 7) is 8.40. The second-order valence-corrected chi connectivity index (χ2v) is 7.82. The number of likely N-dealkylation sites (tertiary alicyclic amines) is 1. The fourth-order valence-electron chi connectivity index (χ4n) is 3.94. The number of nitrogens with zero attached hydrogens (tertiary/aromatic N) is 2. The van der Waals surface area contributed by atoms with Crippen LogP contribution in [0, 0.1) is 5.92 Å². The van der Waals surface area contributed by atoms with Gasteiger partial charge in [-0.1, -0.05) is 6.07 Å². The first kappa shape index (κ1) is 16.9. The van der Waals surface area contributed by atoms with Gasteiger partial charge in [-0.25, -0.2) is 0 Å². The summed E-state index contributed by atoms with van der Waals surface area (Å²) < 4.78 is 11.7. The molecule has 3 fully saturated rings. The van der Waals surface area contributed by atoms with E-state index in [1.807, 2.05) is 43.0 Å². The highest BCUT2D eigenvalue weighted by Gasteiger charge is 2.43. The van der Waals surface area contributed by atoms with Gasteiger partial charge in [0, 0.05) is 31.7 Å². The molecule has 1 aromatic rings. The molecule has 0 unspecified atom stereocenters. The first-order valence-corrected chi connectivity index (χ1v) is 9.52. The van der Waals surface area contributed by atoms with Gasteiger partial charge < -0.3 is 14.4 Å². The summed E-state index contributed by atoms with van der Waals surface area (Å²) in [5.74, 6) is 1.70. The molecule has 5 heteroatoms. The Bertz CT molecular complexity index is 629. The maximum atomic E-state index is 13.0. The Kier molecular flexibility index (Phi) is 4.69. The van der Waals surface area contributed by atoms with E-state index in [1.165, 1.54) is 19.4 Å². The number of carbonyl (C=O) groups excluding carboxylic acids is 1. The van der Waals surface area contributed by atoms with E-state index in [-0.39, 0.29) is 18.1 Å². The number of rotatable bonds is 5. The lowest BCUT2D eigenvalue weighted by Crippen LogP contribution is -2.51. The summed E-state index contributed by atoms with van der Waals surface area (Å²) in [5, 5.41) is 0. The molecule has 5 nitrogen and oxygen atoms in total. The average molecular weight is 344 g/mol. The van der Waals surface area contributed by atoms with Gasteiger partial charge in [0.1, 0.15) is 5.75 Å². The first-order chi connectivity index (χ1) is 12.1. The van der Waals surface area contributed by atoms with E-state index in [9.17, 15) is 4.79 Å². The molecule has 4 rings (SSSR count). The van der Waals surface area contributed by atoms with Crippen LogP contribution in [0.5, 0.6) is 5.75 Å². The van der Waals surface area contributed by atoms with Gasteiger partial charge in [-0.05, 0) is 50.8 Å².